The van der Waals surface area contributed by atoms with E-state index >= 15 is 0 Å². The zero-order chi connectivity index (χ0) is 15.7. The lowest BCUT2D eigenvalue weighted by molar-refractivity contribution is -0.148. The second kappa shape index (κ2) is 9.11. The van der Waals surface area contributed by atoms with Crippen LogP contribution in [0, 0.1) is 5.92 Å². The van der Waals surface area contributed by atoms with Gasteiger partial charge < -0.3 is 9.47 Å². The van der Waals surface area contributed by atoms with Crippen molar-refractivity contribution in [3.63, 3.8) is 0 Å². The van der Waals surface area contributed by atoms with Crippen LogP contribution in [0.15, 0.2) is 11.8 Å². The average Bonchev–Trinajstić information content (AvgIpc) is 2.78. The Kier molecular flexibility index (Phi) is 7.84. The highest BCUT2D eigenvalue weighted by atomic mass is 16.6. The van der Waals surface area contributed by atoms with E-state index in [1.54, 1.807) is 6.08 Å². The summed E-state index contributed by atoms with van der Waals surface area (Å²) in [5.74, 6) is 0.953. The van der Waals surface area contributed by atoms with Gasteiger partial charge in [-0.3, -0.25) is 0 Å². The van der Waals surface area contributed by atoms with Crippen LogP contribution in [-0.2, 0) is 14.3 Å². The molecule has 1 aliphatic heterocycles. The van der Waals surface area contributed by atoms with Crippen LogP contribution in [0.25, 0.3) is 0 Å². The Labute approximate surface area is 130 Å². The molecule has 0 N–H and O–H groups in total. The zero-order valence-corrected chi connectivity index (χ0v) is 14.2. The van der Waals surface area contributed by atoms with Crippen molar-refractivity contribution in [1.29, 1.82) is 0 Å². The van der Waals surface area contributed by atoms with Gasteiger partial charge in [-0.1, -0.05) is 45.4 Å². The molecule has 0 aromatic heterocycles. The number of ether oxygens (including phenoxy) is 2. The molecule has 0 radical (unpaired) electrons. The van der Waals surface area contributed by atoms with Crippen molar-refractivity contribution in [2.24, 2.45) is 5.92 Å². The van der Waals surface area contributed by atoms with Gasteiger partial charge in [0.25, 0.3) is 0 Å². The van der Waals surface area contributed by atoms with E-state index < -0.39 is 5.60 Å². The number of hydrogen-bond donors (Lipinski definition) is 0. The van der Waals surface area contributed by atoms with Crippen LogP contribution in [0.5, 0.6) is 0 Å². The molecule has 1 aliphatic rings. The van der Waals surface area contributed by atoms with Crippen molar-refractivity contribution >= 4 is 5.97 Å². The van der Waals surface area contributed by atoms with E-state index in [-0.39, 0.29) is 5.97 Å². The van der Waals surface area contributed by atoms with E-state index in [4.69, 9.17) is 9.47 Å². The number of allylic oxidation sites excluding steroid dienone is 1. The Morgan fingerprint density at radius 1 is 1.24 bits per heavy atom. The van der Waals surface area contributed by atoms with Crippen LogP contribution >= 0.6 is 0 Å². The van der Waals surface area contributed by atoms with Crippen molar-refractivity contribution in [1.82, 2.24) is 0 Å². The van der Waals surface area contributed by atoms with Gasteiger partial charge in [0.2, 0.25) is 0 Å². The van der Waals surface area contributed by atoms with Gasteiger partial charge in [-0.15, -0.1) is 0 Å². The second-order valence-electron chi connectivity index (χ2n) is 6.97. The molecule has 0 aromatic rings. The number of rotatable bonds is 8. The second-order valence-corrected chi connectivity index (χ2v) is 6.97. The summed E-state index contributed by atoms with van der Waals surface area (Å²) in [6.07, 6.45) is 11.5. The monoisotopic (exact) mass is 296 g/mol. The number of unbranched alkanes of at least 4 members (excludes halogenated alkanes) is 5. The topological polar surface area (TPSA) is 35.5 Å². The highest BCUT2D eigenvalue weighted by Crippen LogP contribution is 2.30. The summed E-state index contributed by atoms with van der Waals surface area (Å²) in [4.78, 5) is 11.8. The van der Waals surface area contributed by atoms with E-state index in [2.05, 4.69) is 6.92 Å². The lowest BCUT2D eigenvalue weighted by Crippen LogP contribution is -2.23. The molecular weight excluding hydrogens is 264 g/mol. The Morgan fingerprint density at radius 3 is 2.57 bits per heavy atom. The quantitative estimate of drug-likeness (QED) is 0.359. The van der Waals surface area contributed by atoms with Gasteiger partial charge >= 0.3 is 5.97 Å². The first-order valence-electron chi connectivity index (χ1n) is 8.49. The van der Waals surface area contributed by atoms with E-state index in [1.165, 1.54) is 38.5 Å². The first kappa shape index (κ1) is 18.1. The first-order valence-corrected chi connectivity index (χ1v) is 8.49. The van der Waals surface area contributed by atoms with Crippen LogP contribution in [0.4, 0.5) is 0 Å². The lowest BCUT2D eigenvalue weighted by Gasteiger charge is -2.18. The number of carbonyl (C=O) groups is 1. The van der Waals surface area contributed by atoms with Crippen molar-refractivity contribution in [2.45, 2.75) is 84.7 Å². The van der Waals surface area contributed by atoms with Crippen molar-refractivity contribution in [3.05, 3.63) is 11.8 Å². The Balaban J connectivity index is 2.32. The predicted octanol–water partition coefficient (Wildman–Crippen LogP) is 5.00. The summed E-state index contributed by atoms with van der Waals surface area (Å²) in [5, 5.41) is 0. The summed E-state index contributed by atoms with van der Waals surface area (Å²) in [6, 6.07) is 0. The molecule has 0 bridgehead atoms. The highest BCUT2D eigenvalue weighted by Gasteiger charge is 2.24. The molecule has 1 heterocycles. The molecule has 1 fully saturated rings. The Hall–Kier alpha value is -0.990. The van der Waals surface area contributed by atoms with E-state index in [9.17, 15) is 4.79 Å². The Bertz CT molecular complexity index is 339. The number of carbonyl (C=O) groups excluding carboxylic acids is 1. The molecule has 3 heteroatoms. The average molecular weight is 296 g/mol. The lowest BCUT2D eigenvalue weighted by atomic mass is 9.97. The molecule has 21 heavy (non-hydrogen) atoms. The first-order chi connectivity index (χ1) is 9.92. The SMILES string of the molecule is CCCCCCCCC1CCO/C1=C\C(=O)OC(C)(C)C. The van der Waals surface area contributed by atoms with Crippen molar-refractivity contribution in [2.75, 3.05) is 6.61 Å². The third-order valence-electron chi connectivity index (χ3n) is 3.71. The molecule has 0 spiro atoms. The van der Waals surface area contributed by atoms with Gasteiger partial charge in [0.15, 0.2) is 0 Å². The molecule has 1 unspecified atom stereocenters. The number of hydrogen-bond acceptors (Lipinski definition) is 3. The maximum Gasteiger partial charge on any atom is 0.334 e. The van der Waals surface area contributed by atoms with E-state index in [1.807, 2.05) is 20.8 Å². The van der Waals surface area contributed by atoms with Crippen molar-refractivity contribution in [3.8, 4) is 0 Å². The van der Waals surface area contributed by atoms with Crippen LogP contribution in [-0.4, -0.2) is 18.2 Å². The summed E-state index contributed by atoms with van der Waals surface area (Å²) in [5.41, 5.74) is -0.443. The minimum Gasteiger partial charge on any atom is -0.497 e. The summed E-state index contributed by atoms with van der Waals surface area (Å²) in [6.45, 7) is 8.62. The molecule has 0 aliphatic carbocycles. The molecular formula is C18H32O3. The normalized spacial score (nSPS) is 20.6. The minimum atomic E-state index is -0.443. The smallest absolute Gasteiger partial charge is 0.334 e. The third kappa shape index (κ3) is 8.13. The van der Waals surface area contributed by atoms with Gasteiger partial charge in [-0.25, -0.2) is 4.79 Å². The van der Waals surface area contributed by atoms with E-state index in [0.29, 0.717) is 5.92 Å². The molecule has 1 atom stereocenters. The van der Waals surface area contributed by atoms with Crippen molar-refractivity contribution < 1.29 is 14.3 Å². The van der Waals surface area contributed by atoms with Gasteiger partial charge in [0.05, 0.1) is 12.7 Å². The van der Waals surface area contributed by atoms with Crippen LogP contribution in [0.2, 0.25) is 0 Å². The Morgan fingerprint density at radius 2 is 1.90 bits per heavy atom. The molecule has 1 saturated heterocycles. The fourth-order valence-corrected chi connectivity index (χ4v) is 2.64. The third-order valence-corrected chi connectivity index (χ3v) is 3.71. The number of esters is 1. The van der Waals surface area contributed by atoms with Gasteiger partial charge in [-0.05, 0) is 33.6 Å². The standard InChI is InChI=1S/C18H32O3/c1-5-6-7-8-9-10-11-15-12-13-20-16(15)14-17(19)21-18(2,3)4/h14-15H,5-13H2,1-4H3/b16-14-. The zero-order valence-electron chi connectivity index (χ0n) is 14.2. The van der Waals surface area contributed by atoms with Gasteiger partial charge in [0.1, 0.15) is 11.4 Å². The molecule has 1 rings (SSSR count). The predicted molar refractivity (Wildman–Crippen MR) is 86.0 cm³/mol. The van der Waals surface area contributed by atoms with E-state index in [0.717, 1.165) is 25.2 Å². The van der Waals surface area contributed by atoms with Crippen LogP contribution < -0.4 is 0 Å². The molecule has 0 amide bonds. The van der Waals surface area contributed by atoms with Crippen LogP contribution in [0.1, 0.15) is 79.1 Å². The fraction of sp³-hybridized carbons (Fsp3) is 0.833. The molecule has 3 nitrogen and oxygen atoms in total. The minimum absolute atomic E-state index is 0.285. The maximum absolute atomic E-state index is 11.8. The fourth-order valence-electron chi connectivity index (χ4n) is 2.64. The molecule has 122 valence electrons. The largest absolute Gasteiger partial charge is 0.497 e. The van der Waals surface area contributed by atoms with Crippen LogP contribution in [0.3, 0.4) is 0 Å². The summed E-state index contributed by atoms with van der Waals surface area (Å²) < 4.78 is 10.9. The molecule has 0 saturated carbocycles. The summed E-state index contributed by atoms with van der Waals surface area (Å²) >= 11 is 0. The highest BCUT2D eigenvalue weighted by molar-refractivity contribution is 5.82. The molecule has 0 aromatic carbocycles. The van der Waals surface area contributed by atoms with Gasteiger partial charge in [-0.2, -0.15) is 0 Å². The van der Waals surface area contributed by atoms with Gasteiger partial charge in [0, 0.05) is 5.92 Å². The maximum atomic E-state index is 11.8. The summed E-state index contributed by atoms with van der Waals surface area (Å²) in [7, 11) is 0.